The number of nitrogens with zero attached hydrogens (tertiary/aromatic N) is 3. The number of cyclic esters (lactones) is 2. The fraction of sp³-hybridized carbons (Fsp3) is 0.429. The van der Waals surface area contributed by atoms with Gasteiger partial charge in [0.1, 0.15) is 28.8 Å². The van der Waals surface area contributed by atoms with Crippen molar-refractivity contribution in [3.8, 4) is 11.5 Å². The second-order valence-electron chi connectivity index (χ2n) is 17.3. The Labute approximate surface area is 412 Å². The van der Waals surface area contributed by atoms with Crippen molar-refractivity contribution >= 4 is 64.6 Å². The summed E-state index contributed by atoms with van der Waals surface area (Å²) in [4.78, 5) is 81.1. The van der Waals surface area contributed by atoms with Gasteiger partial charge in [-0.2, -0.15) is 5.10 Å². The molecule has 3 aliphatic rings. The highest BCUT2D eigenvalue weighted by Gasteiger charge is 2.45. The summed E-state index contributed by atoms with van der Waals surface area (Å²) >= 11 is 12.2. The number of hydrogen-bond donors (Lipinski definition) is 2. The van der Waals surface area contributed by atoms with Crippen molar-refractivity contribution in [1.82, 2.24) is 20.1 Å². The van der Waals surface area contributed by atoms with Crippen LogP contribution >= 0.6 is 23.2 Å². The minimum absolute atomic E-state index is 0.0555. The van der Waals surface area contributed by atoms with E-state index in [-0.39, 0.29) is 45.5 Å². The van der Waals surface area contributed by atoms with Gasteiger partial charge in [-0.05, 0) is 54.5 Å². The van der Waals surface area contributed by atoms with Crippen molar-refractivity contribution in [3.63, 3.8) is 0 Å². The van der Waals surface area contributed by atoms with Gasteiger partial charge in [0.05, 0.1) is 24.5 Å². The van der Waals surface area contributed by atoms with Crippen molar-refractivity contribution in [2.45, 2.75) is 90.4 Å². The standard InChI is InChI=1S/C31H38N2O11.C18H15Cl2F2N3O/c1-17(2)28(35)42-16-41-26-23(39-6)12-13-32-24(26)27(34)33-22-15-40-30(37)21(14-20-10-8-7-9-11-20)25(19(5)43-31(22)38)44-29(36)18(3)4;1-25-7-11(15(24-25)17(21)22)18(26)23-12-4-2-3-8-9-5-6-10(13(8)12)14(9)16(19)20/h7-13,17-19,21-22,25H,14-16H2,1-6H3,(H,33,34);2-4,7,9-10,17H,5-6H2,1H3,(H,23,26)/t19-,21+,22-,25-;9-,10+/m00/s1. The first kappa shape index (κ1) is 52.8. The van der Waals surface area contributed by atoms with Gasteiger partial charge in [-0.1, -0.05) is 93.4 Å². The number of halogens is 4. The molecular weight excluding hydrogens is 959 g/mol. The van der Waals surface area contributed by atoms with Crippen molar-refractivity contribution in [3.05, 3.63) is 111 Å². The molecule has 2 aliphatic carbocycles. The lowest BCUT2D eigenvalue weighted by Crippen LogP contribution is -2.47. The molecule has 6 atom stereocenters. The normalized spacial score (nSPS) is 20.5. The first-order valence-electron chi connectivity index (χ1n) is 22.4. The Morgan fingerprint density at radius 2 is 1.61 bits per heavy atom. The second-order valence-corrected chi connectivity index (χ2v) is 18.2. The monoisotopic (exact) mass is 1010 g/mol. The van der Waals surface area contributed by atoms with Gasteiger partial charge in [0.25, 0.3) is 18.2 Å². The average molecular weight is 1010 g/mol. The zero-order chi connectivity index (χ0) is 51.0. The van der Waals surface area contributed by atoms with Crippen molar-refractivity contribution in [2.24, 2.45) is 24.8 Å². The lowest BCUT2D eigenvalue weighted by molar-refractivity contribution is -0.176. The molecular formula is C49H53Cl2F2N5O12. The number of aryl methyl sites for hydroxylation is 1. The van der Waals surface area contributed by atoms with E-state index in [1.54, 1.807) is 45.9 Å². The predicted molar refractivity (Wildman–Crippen MR) is 249 cm³/mol. The van der Waals surface area contributed by atoms with Crippen LogP contribution < -0.4 is 20.1 Å². The number of alkyl halides is 2. The number of pyridine rings is 1. The van der Waals surface area contributed by atoms with E-state index >= 15 is 0 Å². The number of allylic oxidation sites excluding steroid dienone is 1. The first-order chi connectivity index (χ1) is 33.3. The van der Waals surface area contributed by atoms with E-state index in [1.165, 1.54) is 44.2 Å². The van der Waals surface area contributed by atoms with Gasteiger partial charge < -0.3 is 39.1 Å². The Hall–Kier alpha value is -6.60. The van der Waals surface area contributed by atoms with E-state index in [2.05, 4.69) is 20.7 Å². The molecule has 0 radical (unpaired) electrons. The molecule has 0 spiro atoms. The highest BCUT2D eigenvalue weighted by atomic mass is 35.5. The van der Waals surface area contributed by atoms with Crippen LogP contribution in [-0.2, 0) is 51.6 Å². The van der Waals surface area contributed by atoms with Gasteiger partial charge in [0, 0.05) is 43.0 Å². The molecule has 2 fully saturated rings. The number of carbonyl (C=O) groups excluding carboxylic acids is 6. The Balaban J connectivity index is 0.000000260. The molecule has 2 N–H and O–H groups in total. The number of benzene rings is 2. The van der Waals surface area contributed by atoms with E-state index in [4.69, 9.17) is 51.6 Å². The van der Waals surface area contributed by atoms with E-state index < -0.39 is 97.2 Å². The number of aromatic nitrogens is 3. The zero-order valence-electron chi connectivity index (χ0n) is 39.3. The third kappa shape index (κ3) is 12.2. The van der Waals surface area contributed by atoms with Crippen molar-refractivity contribution in [2.75, 3.05) is 25.8 Å². The largest absolute Gasteiger partial charge is 0.493 e. The number of anilines is 1. The van der Waals surface area contributed by atoms with Gasteiger partial charge in [0.15, 0.2) is 29.3 Å². The molecule has 1 saturated heterocycles. The van der Waals surface area contributed by atoms with Crippen LogP contribution in [0, 0.1) is 17.8 Å². The zero-order valence-corrected chi connectivity index (χ0v) is 40.8. The van der Waals surface area contributed by atoms with Gasteiger partial charge in [-0.25, -0.2) is 18.6 Å². The van der Waals surface area contributed by atoms with Gasteiger partial charge in [-0.15, -0.1) is 0 Å². The van der Waals surface area contributed by atoms with E-state index in [1.807, 2.05) is 30.3 Å². The molecule has 0 unspecified atom stereocenters. The molecule has 3 heterocycles. The molecule has 374 valence electrons. The third-order valence-electron chi connectivity index (χ3n) is 11.8. The molecule has 4 aromatic rings. The van der Waals surface area contributed by atoms with Crippen molar-refractivity contribution in [1.29, 1.82) is 0 Å². The van der Waals surface area contributed by atoms with Crippen LogP contribution in [0.25, 0.3) is 0 Å². The second kappa shape index (κ2) is 23.3. The molecule has 2 aromatic heterocycles. The van der Waals surface area contributed by atoms with Crippen LogP contribution in [0.3, 0.4) is 0 Å². The summed E-state index contributed by atoms with van der Waals surface area (Å²) in [5.41, 5.74) is 3.50. The maximum Gasteiger partial charge on any atom is 0.332 e. The molecule has 17 nitrogen and oxygen atoms in total. The lowest BCUT2D eigenvalue weighted by Gasteiger charge is -2.29. The average Bonchev–Trinajstić information content (AvgIpc) is 4.04. The molecule has 1 aliphatic heterocycles. The van der Waals surface area contributed by atoms with Gasteiger partial charge in [-0.3, -0.25) is 28.7 Å². The maximum atomic E-state index is 13.4. The predicted octanol–water partition coefficient (Wildman–Crippen LogP) is 7.91. The summed E-state index contributed by atoms with van der Waals surface area (Å²) in [5.74, 6) is -6.00. The fourth-order valence-electron chi connectivity index (χ4n) is 8.37. The molecule has 2 amide bonds. The van der Waals surface area contributed by atoms with Crippen LogP contribution in [-0.4, -0.2) is 89.2 Å². The topological polar surface area (TPSA) is 213 Å². The Morgan fingerprint density at radius 1 is 0.914 bits per heavy atom. The van der Waals surface area contributed by atoms with Crippen LogP contribution in [0.4, 0.5) is 14.5 Å². The summed E-state index contributed by atoms with van der Waals surface area (Å²) in [7, 11) is 2.84. The number of rotatable bonds is 14. The van der Waals surface area contributed by atoms with E-state index in [9.17, 15) is 37.5 Å². The number of ether oxygens (including phenoxy) is 6. The fourth-order valence-corrected chi connectivity index (χ4v) is 8.90. The molecule has 70 heavy (non-hydrogen) atoms. The quantitative estimate of drug-likeness (QED) is 0.0698. The molecule has 2 bridgehead atoms. The Kier molecular flexibility index (Phi) is 17.6. The lowest BCUT2D eigenvalue weighted by atomic mass is 9.90. The maximum absolute atomic E-state index is 13.4. The van der Waals surface area contributed by atoms with Crippen LogP contribution in [0.1, 0.15) is 109 Å². The highest BCUT2D eigenvalue weighted by molar-refractivity contribution is 6.56. The van der Waals surface area contributed by atoms with Crippen molar-refractivity contribution < 1.29 is 66.0 Å². The van der Waals surface area contributed by atoms with Crippen LogP contribution in [0.5, 0.6) is 11.5 Å². The van der Waals surface area contributed by atoms with Gasteiger partial charge in [0.2, 0.25) is 6.79 Å². The third-order valence-corrected chi connectivity index (χ3v) is 12.2. The molecule has 7 rings (SSSR count). The summed E-state index contributed by atoms with van der Waals surface area (Å²) < 4.78 is 60.4. The number of esters is 4. The number of amides is 2. The summed E-state index contributed by atoms with van der Waals surface area (Å²) in [6.07, 6.45) is -0.468. The minimum Gasteiger partial charge on any atom is -0.493 e. The highest BCUT2D eigenvalue weighted by Crippen LogP contribution is 2.60. The molecule has 1 saturated carbocycles. The number of fused-ring (bicyclic) bond motifs is 5. The van der Waals surface area contributed by atoms with Crippen LogP contribution in [0.2, 0.25) is 0 Å². The molecule has 21 heteroatoms. The van der Waals surface area contributed by atoms with E-state index in [0.717, 1.165) is 35.1 Å². The number of hydrogen-bond acceptors (Lipinski definition) is 14. The first-order valence-corrected chi connectivity index (χ1v) is 23.1. The number of methoxy groups -OCH3 is 1. The summed E-state index contributed by atoms with van der Waals surface area (Å²) in [6.45, 7) is 6.98. The van der Waals surface area contributed by atoms with Gasteiger partial charge >= 0.3 is 23.9 Å². The number of carbonyl (C=O) groups is 6. The van der Waals surface area contributed by atoms with Crippen LogP contribution in [0.15, 0.2) is 77.1 Å². The SMILES string of the molecule is COc1ccnc(C(=O)N[C@H]2COC(=O)[C@H](Cc3ccccc3)[C@@H](OC(=O)C(C)C)[C@H](C)OC2=O)c1OCOC(=O)C(C)C.Cn1cc(C(=O)Nc2cccc3c2[C@H]2CC[C@@H]3C2=C(Cl)Cl)c(C(F)F)n1. The molecule has 2 aromatic carbocycles. The number of nitrogens with one attached hydrogen (secondary N) is 2. The summed E-state index contributed by atoms with van der Waals surface area (Å²) in [5, 5.41) is 8.92. The Bertz CT molecular complexity index is 2620. The smallest absolute Gasteiger partial charge is 0.332 e. The minimum atomic E-state index is -2.82. The Morgan fingerprint density at radius 3 is 2.27 bits per heavy atom. The van der Waals surface area contributed by atoms with E-state index in [0.29, 0.717) is 5.69 Å². The summed E-state index contributed by atoms with van der Waals surface area (Å²) in [6, 6.07) is 14.6.